The maximum Gasteiger partial charge on any atom is 0.263 e. The fraction of sp³-hybridized carbons (Fsp3) is 0.333. The van der Waals surface area contributed by atoms with Crippen LogP contribution in [0.4, 0.5) is 0 Å². The van der Waals surface area contributed by atoms with Gasteiger partial charge in [0.25, 0.3) is 5.91 Å². The van der Waals surface area contributed by atoms with Gasteiger partial charge < -0.3 is 14.1 Å². The lowest BCUT2D eigenvalue weighted by atomic mass is 9.96. The lowest BCUT2D eigenvalue weighted by Crippen LogP contribution is -2.44. The molecule has 2 heterocycles. The van der Waals surface area contributed by atoms with Gasteiger partial charge in [0.05, 0.1) is 0 Å². The van der Waals surface area contributed by atoms with Gasteiger partial charge in [-0.3, -0.25) is 4.79 Å². The number of fused-ring (bicyclic) bond motifs is 1. The van der Waals surface area contributed by atoms with Crippen LogP contribution in [0, 0.1) is 0 Å². The Morgan fingerprint density at radius 3 is 2.59 bits per heavy atom. The molecule has 4 rings (SSSR count). The van der Waals surface area contributed by atoms with Crippen LogP contribution in [0.1, 0.15) is 31.6 Å². The molecule has 0 bridgehead atoms. The molecule has 0 aliphatic carbocycles. The van der Waals surface area contributed by atoms with Crippen molar-refractivity contribution in [3.8, 4) is 5.75 Å². The van der Waals surface area contributed by atoms with E-state index in [1.54, 1.807) is 31.2 Å². The van der Waals surface area contributed by atoms with E-state index in [-0.39, 0.29) is 11.8 Å². The molecule has 1 aromatic heterocycles. The van der Waals surface area contributed by atoms with Gasteiger partial charge in [0.2, 0.25) is 0 Å². The quantitative estimate of drug-likeness (QED) is 0.656. The van der Waals surface area contributed by atoms with Crippen molar-refractivity contribution >= 4 is 28.6 Å². The summed E-state index contributed by atoms with van der Waals surface area (Å²) >= 11 is 5.88. The Labute approximate surface area is 162 Å². The SMILES string of the molecule is CC(Oc1ccc(Cl)cc1)C(=O)N1CCC(c2nc3ccccc3o2)CC1. The number of nitrogens with zero attached hydrogens (tertiary/aromatic N) is 2. The first-order valence-corrected chi connectivity index (χ1v) is 9.54. The standard InChI is InChI=1S/C21H21ClN2O3/c1-14(26-17-8-6-16(22)7-9-17)21(25)24-12-10-15(11-13-24)20-23-18-4-2-3-5-19(18)27-20/h2-9,14-15H,10-13H2,1H3. The number of oxazole rings is 1. The number of para-hydroxylation sites is 2. The Morgan fingerprint density at radius 1 is 1.19 bits per heavy atom. The Hall–Kier alpha value is -2.53. The summed E-state index contributed by atoms with van der Waals surface area (Å²) in [7, 11) is 0. The summed E-state index contributed by atoms with van der Waals surface area (Å²) in [5, 5.41) is 0.641. The third-order valence-corrected chi connectivity index (χ3v) is 5.19. The number of halogens is 1. The number of carbonyl (C=O) groups excluding carboxylic acids is 1. The molecular formula is C21H21ClN2O3. The molecule has 140 valence electrons. The van der Waals surface area contributed by atoms with Crippen LogP contribution >= 0.6 is 11.6 Å². The number of hydrogen-bond acceptors (Lipinski definition) is 4. The molecule has 3 aromatic rings. The van der Waals surface area contributed by atoms with Crippen LogP contribution in [0.25, 0.3) is 11.1 Å². The zero-order valence-corrected chi connectivity index (χ0v) is 15.9. The van der Waals surface area contributed by atoms with Gasteiger partial charge in [-0.15, -0.1) is 0 Å². The number of piperidine rings is 1. The zero-order valence-electron chi connectivity index (χ0n) is 15.1. The van der Waals surface area contributed by atoms with Crippen LogP contribution in [0.2, 0.25) is 5.02 Å². The van der Waals surface area contributed by atoms with E-state index in [1.807, 2.05) is 29.2 Å². The molecule has 1 aliphatic rings. The number of amides is 1. The zero-order chi connectivity index (χ0) is 18.8. The number of likely N-dealkylation sites (tertiary alicyclic amines) is 1. The van der Waals surface area contributed by atoms with Crippen LogP contribution < -0.4 is 4.74 Å². The molecule has 1 atom stereocenters. The maximum atomic E-state index is 12.7. The molecule has 1 amide bonds. The van der Waals surface area contributed by atoms with Crippen molar-refractivity contribution in [1.29, 1.82) is 0 Å². The fourth-order valence-electron chi connectivity index (χ4n) is 3.44. The molecule has 6 heteroatoms. The van der Waals surface area contributed by atoms with Crippen molar-refractivity contribution in [3.05, 3.63) is 59.4 Å². The predicted molar refractivity (Wildman–Crippen MR) is 104 cm³/mol. The molecule has 0 radical (unpaired) electrons. The molecule has 1 aliphatic heterocycles. The number of benzene rings is 2. The van der Waals surface area contributed by atoms with Crippen LogP contribution in [-0.2, 0) is 4.79 Å². The number of hydrogen-bond donors (Lipinski definition) is 0. The lowest BCUT2D eigenvalue weighted by molar-refractivity contribution is -0.139. The smallest absolute Gasteiger partial charge is 0.263 e. The summed E-state index contributed by atoms with van der Waals surface area (Å²) in [4.78, 5) is 19.1. The first-order valence-electron chi connectivity index (χ1n) is 9.16. The lowest BCUT2D eigenvalue weighted by Gasteiger charge is -2.32. The second-order valence-corrected chi connectivity index (χ2v) is 7.27. The summed E-state index contributed by atoms with van der Waals surface area (Å²) in [5.41, 5.74) is 1.70. The average Bonchev–Trinajstić information content (AvgIpc) is 3.13. The highest BCUT2D eigenvalue weighted by molar-refractivity contribution is 6.30. The molecule has 1 saturated heterocycles. The Morgan fingerprint density at radius 2 is 1.89 bits per heavy atom. The minimum absolute atomic E-state index is 0.000894. The van der Waals surface area contributed by atoms with Gasteiger partial charge in [-0.05, 0) is 56.2 Å². The van der Waals surface area contributed by atoms with E-state index < -0.39 is 6.10 Å². The Balaban J connectivity index is 1.35. The Kier molecular flexibility index (Phi) is 5.03. The summed E-state index contributed by atoms with van der Waals surface area (Å²) < 4.78 is 11.6. The van der Waals surface area contributed by atoms with Gasteiger partial charge in [0, 0.05) is 24.0 Å². The van der Waals surface area contributed by atoms with Crippen molar-refractivity contribution in [2.24, 2.45) is 0 Å². The second-order valence-electron chi connectivity index (χ2n) is 6.83. The molecule has 0 spiro atoms. The monoisotopic (exact) mass is 384 g/mol. The molecular weight excluding hydrogens is 364 g/mol. The summed E-state index contributed by atoms with van der Waals surface area (Å²) in [5.74, 6) is 1.66. The van der Waals surface area contributed by atoms with Crippen molar-refractivity contribution in [2.75, 3.05) is 13.1 Å². The van der Waals surface area contributed by atoms with E-state index in [0.29, 0.717) is 23.9 Å². The average molecular weight is 385 g/mol. The summed E-state index contributed by atoms with van der Waals surface area (Å²) in [6.45, 7) is 3.14. The van der Waals surface area contributed by atoms with E-state index in [4.69, 9.17) is 20.8 Å². The van der Waals surface area contributed by atoms with E-state index in [9.17, 15) is 4.79 Å². The highest BCUT2D eigenvalue weighted by Gasteiger charge is 2.29. The van der Waals surface area contributed by atoms with Crippen molar-refractivity contribution in [3.63, 3.8) is 0 Å². The maximum absolute atomic E-state index is 12.7. The van der Waals surface area contributed by atoms with Crippen molar-refractivity contribution < 1.29 is 13.9 Å². The largest absolute Gasteiger partial charge is 0.481 e. The highest BCUT2D eigenvalue weighted by atomic mass is 35.5. The minimum atomic E-state index is -0.535. The van der Waals surface area contributed by atoms with Gasteiger partial charge in [-0.2, -0.15) is 0 Å². The first-order chi connectivity index (χ1) is 13.1. The third kappa shape index (κ3) is 3.93. The molecule has 1 fully saturated rings. The predicted octanol–water partition coefficient (Wildman–Crippen LogP) is 4.65. The van der Waals surface area contributed by atoms with Crippen LogP contribution in [0.15, 0.2) is 52.9 Å². The first kappa shape index (κ1) is 17.9. The number of ether oxygens (including phenoxy) is 1. The molecule has 5 nitrogen and oxygen atoms in total. The molecule has 0 N–H and O–H groups in total. The van der Waals surface area contributed by atoms with E-state index >= 15 is 0 Å². The van der Waals surface area contributed by atoms with Crippen molar-refractivity contribution in [2.45, 2.75) is 31.8 Å². The number of aromatic nitrogens is 1. The number of rotatable bonds is 4. The van der Waals surface area contributed by atoms with Gasteiger partial charge in [0.1, 0.15) is 11.3 Å². The van der Waals surface area contributed by atoms with Gasteiger partial charge >= 0.3 is 0 Å². The topological polar surface area (TPSA) is 55.6 Å². The molecule has 27 heavy (non-hydrogen) atoms. The molecule has 2 aromatic carbocycles. The van der Waals surface area contributed by atoms with Crippen molar-refractivity contribution in [1.82, 2.24) is 9.88 Å². The van der Waals surface area contributed by atoms with E-state index in [0.717, 1.165) is 29.8 Å². The minimum Gasteiger partial charge on any atom is -0.481 e. The normalized spacial score (nSPS) is 16.4. The van der Waals surface area contributed by atoms with Gasteiger partial charge in [-0.1, -0.05) is 23.7 Å². The van der Waals surface area contributed by atoms with Crippen LogP contribution in [-0.4, -0.2) is 35.0 Å². The van der Waals surface area contributed by atoms with E-state index in [1.165, 1.54) is 0 Å². The van der Waals surface area contributed by atoms with Gasteiger partial charge in [-0.25, -0.2) is 4.98 Å². The third-order valence-electron chi connectivity index (χ3n) is 4.94. The molecule has 1 unspecified atom stereocenters. The number of carbonyl (C=O) groups is 1. The van der Waals surface area contributed by atoms with Crippen LogP contribution in [0.3, 0.4) is 0 Å². The highest BCUT2D eigenvalue weighted by Crippen LogP contribution is 2.30. The fourth-order valence-corrected chi connectivity index (χ4v) is 3.56. The molecule has 0 saturated carbocycles. The summed E-state index contributed by atoms with van der Waals surface area (Å²) in [6.07, 6.45) is 1.14. The Bertz CT molecular complexity index is 897. The second kappa shape index (κ2) is 7.61. The van der Waals surface area contributed by atoms with E-state index in [2.05, 4.69) is 4.98 Å². The van der Waals surface area contributed by atoms with Crippen LogP contribution in [0.5, 0.6) is 5.75 Å². The summed E-state index contributed by atoms with van der Waals surface area (Å²) in [6, 6.07) is 14.8. The van der Waals surface area contributed by atoms with Gasteiger partial charge in [0.15, 0.2) is 17.6 Å².